The average molecular weight is 419 g/mol. The molecule has 0 heterocycles. The Hall–Kier alpha value is -1.39. The second kappa shape index (κ2) is 14.6. The smallest absolute Gasteiger partial charge is 0.336 e. The molecular formula is C25H42O3Si. The Bertz CT molecular complexity index is 585. The number of esters is 1. The number of allylic oxidation sites excluding steroid dienone is 1. The minimum Gasteiger partial charge on any atom is -0.466 e. The summed E-state index contributed by atoms with van der Waals surface area (Å²) in [6.07, 6.45) is 10.1. The molecule has 4 heteroatoms. The first-order valence-electron chi connectivity index (χ1n) is 11.6. The van der Waals surface area contributed by atoms with E-state index in [1.807, 2.05) is 18.2 Å². The maximum absolute atomic E-state index is 12.7. The second-order valence-electron chi connectivity index (χ2n) is 7.86. The maximum atomic E-state index is 12.7. The fraction of sp³-hybridized carbons (Fsp3) is 0.640. The number of methoxy groups -OCH3 is 1. The molecule has 0 bridgehead atoms. The van der Waals surface area contributed by atoms with Gasteiger partial charge in [0.15, 0.2) is 8.32 Å². The fourth-order valence-electron chi connectivity index (χ4n) is 3.79. The van der Waals surface area contributed by atoms with Crippen molar-refractivity contribution in [2.24, 2.45) is 0 Å². The lowest BCUT2D eigenvalue weighted by atomic mass is 9.99. The van der Waals surface area contributed by atoms with Gasteiger partial charge in [-0.1, -0.05) is 96.2 Å². The molecule has 1 aromatic rings. The lowest BCUT2D eigenvalue weighted by Crippen LogP contribution is -2.38. The molecule has 0 saturated carbocycles. The van der Waals surface area contributed by atoms with E-state index in [0.29, 0.717) is 5.57 Å². The zero-order valence-corrected chi connectivity index (χ0v) is 20.3. The third-order valence-corrected chi connectivity index (χ3v) is 10.6. The molecule has 164 valence electrons. The van der Waals surface area contributed by atoms with Crippen molar-refractivity contribution >= 4 is 14.3 Å². The molecule has 1 aromatic carbocycles. The number of unbranched alkanes of at least 4 members (excludes halogenated alkanes) is 6. The van der Waals surface area contributed by atoms with Gasteiger partial charge >= 0.3 is 5.97 Å². The summed E-state index contributed by atoms with van der Waals surface area (Å²) in [4.78, 5) is 12.7. The molecule has 1 rings (SSSR count). The molecule has 0 aliphatic heterocycles. The van der Waals surface area contributed by atoms with E-state index in [4.69, 9.17) is 9.16 Å². The number of carbonyl (C=O) groups excluding carboxylic acids is 1. The molecule has 0 radical (unpaired) electrons. The van der Waals surface area contributed by atoms with Gasteiger partial charge in [-0.3, -0.25) is 0 Å². The van der Waals surface area contributed by atoms with Crippen LogP contribution < -0.4 is 0 Å². The van der Waals surface area contributed by atoms with Crippen LogP contribution >= 0.6 is 0 Å². The van der Waals surface area contributed by atoms with Gasteiger partial charge in [0.2, 0.25) is 0 Å². The van der Waals surface area contributed by atoms with E-state index in [1.165, 1.54) is 39.2 Å². The van der Waals surface area contributed by atoms with Gasteiger partial charge in [0.05, 0.1) is 12.7 Å². The molecule has 29 heavy (non-hydrogen) atoms. The number of benzene rings is 1. The van der Waals surface area contributed by atoms with E-state index in [9.17, 15) is 4.79 Å². The van der Waals surface area contributed by atoms with Gasteiger partial charge in [-0.15, -0.1) is 0 Å². The third-order valence-electron chi connectivity index (χ3n) is 6.03. The topological polar surface area (TPSA) is 35.5 Å². The standard InChI is InChI=1S/C25H42O3Si/c1-6-10-11-12-13-14-18-21-23(25(26)27-5)24(22-19-16-15-17-20-22)28-29(7-2,8-3)9-4/h15-17,19-21,24H,6-14,18H2,1-5H3. The van der Waals surface area contributed by atoms with Crippen LogP contribution in [0.25, 0.3) is 0 Å². The van der Waals surface area contributed by atoms with E-state index >= 15 is 0 Å². The molecular weight excluding hydrogens is 376 g/mol. The van der Waals surface area contributed by atoms with Crippen molar-refractivity contribution in [3.05, 3.63) is 47.5 Å². The molecule has 0 amide bonds. The summed E-state index contributed by atoms with van der Waals surface area (Å²) >= 11 is 0. The lowest BCUT2D eigenvalue weighted by molar-refractivity contribution is -0.137. The van der Waals surface area contributed by atoms with Crippen LogP contribution in [0.4, 0.5) is 0 Å². The van der Waals surface area contributed by atoms with Crippen molar-refractivity contribution < 1.29 is 14.0 Å². The molecule has 0 aromatic heterocycles. The number of ether oxygens (including phenoxy) is 1. The van der Waals surface area contributed by atoms with Gasteiger partial charge in [-0.05, 0) is 36.5 Å². The van der Waals surface area contributed by atoms with Gasteiger partial charge in [-0.25, -0.2) is 4.79 Å². The summed E-state index contributed by atoms with van der Waals surface area (Å²) in [5.41, 5.74) is 1.71. The Labute approximate surface area is 180 Å². The molecule has 0 aliphatic rings. The highest BCUT2D eigenvalue weighted by Crippen LogP contribution is 2.35. The predicted molar refractivity (Wildman–Crippen MR) is 126 cm³/mol. The van der Waals surface area contributed by atoms with E-state index in [2.05, 4.69) is 45.9 Å². The molecule has 0 aliphatic carbocycles. The van der Waals surface area contributed by atoms with Gasteiger partial charge < -0.3 is 9.16 Å². The van der Waals surface area contributed by atoms with E-state index in [-0.39, 0.29) is 12.1 Å². The van der Waals surface area contributed by atoms with Crippen LogP contribution in [-0.2, 0) is 14.0 Å². The summed E-state index contributed by atoms with van der Waals surface area (Å²) < 4.78 is 12.0. The first-order chi connectivity index (χ1) is 14.1. The highest BCUT2D eigenvalue weighted by Gasteiger charge is 2.35. The summed E-state index contributed by atoms with van der Waals surface area (Å²) in [6, 6.07) is 13.3. The fourth-order valence-corrected chi connectivity index (χ4v) is 6.55. The van der Waals surface area contributed by atoms with Gasteiger partial charge in [0.25, 0.3) is 0 Å². The zero-order valence-electron chi connectivity index (χ0n) is 19.3. The van der Waals surface area contributed by atoms with Crippen LogP contribution in [0.15, 0.2) is 42.0 Å². The third kappa shape index (κ3) is 8.47. The maximum Gasteiger partial charge on any atom is 0.336 e. The molecule has 0 spiro atoms. The van der Waals surface area contributed by atoms with E-state index in [0.717, 1.165) is 36.5 Å². The number of carbonyl (C=O) groups is 1. The largest absolute Gasteiger partial charge is 0.466 e. The Morgan fingerprint density at radius 3 is 2.07 bits per heavy atom. The molecule has 0 fully saturated rings. The molecule has 1 atom stereocenters. The zero-order chi connectivity index (χ0) is 21.5. The Morgan fingerprint density at radius 1 is 0.931 bits per heavy atom. The van der Waals surface area contributed by atoms with Crippen molar-refractivity contribution in [1.29, 1.82) is 0 Å². The van der Waals surface area contributed by atoms with Gasteiger partial charge in [-0.2, -0.15) is 0 Å². The Morgan fingerprint density at radius 2 is 1.52 bits per heavy atom. The lowest BCUT2D eigenvalue weighted by Gasteiger charge is -2.34. The minimum absolute atomic E-state index is 0.268. The molecule has 1 unspecified atom stereocenters. The van der Waals surface area contributed by atoms with Crippen molar-refractivity contribution in [2.45, 2.75) is 96.9 Å². The summed E-state index contributed by atoms with van der Waals surface area (Å²) in [6.45, 7) is 8.90. The average Bonchev–Trinajstić information content (AvgIpc) is 2.78. The number of rotatable bonds is 15. The molecule has 0 saturated heterocycles. The van der Waals surface area contributed by atoms with E-state index < -0.39 is 8.32 Å². The van der Waals surface area contributed by atoms with Crippen LogP contribution in [0.1, 0.15) is 84.3 Å². The quantitative estimate of drug-likeness (QED) is 0.127. The monoisotopic (exact) mass is 418 g/mol. The van der Waals surface area contributed by atoms with Gasteiger partial charge in [0.1, 0.15) is 6.10 Å². The van der Waals surface area contributed by atoms with Crippen LogP contribution in [0.2, 0.25) is 18.1 Å². The van der Waals surface area contributed by atoms with Crippen LogP contribution in [0.5, 0.6) is 0 Å². The Kier molecular flexibility index (Phi) is 12.9. The van der Waals surface area contributed by atoms with Crippen LogP contribution in [-0.4, -0.2) is 21.4 Å². The summed E-state index contributed by atoms with van der Waals surface area (Å²) in [5.74, 6) is -0.268. The van der Waals surface area contributed by atoms with Crippen LogP contribution in [0, 0.1) is 0 Å². The number of hydrogen-bond donors (Lipinski definition) is 0. The van der Waals surface area contributed by atoms with Crippen molar-refractivity contribution in [3.63, 3.8) is 0 Å². The van der Waals surface area contributed by atoms with Crippen molar-refractivity contribution in [3.8, 4) is 0 Å². The SMILES string of the molecule is CCCCCCCCC=C(C(=O)OC)C(O[Si](CC)(CC)CC)c1ccccc1. The van der Waals surface area contributed by atoms with Crippen LogP contribution in [0.3, 0.4) is 0 Å². The minimum atomic E-state index is -1.90. The highest BCUT2D eigenvalue weighted by molar-refractivity contribution is 6.73. The van der Waals surface area contributed by atoms with E-state index in [1.54, 1.807) is 0 Å². The Balaban J connectivity index is 3.07. The molecule has 0 N–H and O–H groups in total. The van der Waals surface area contributed by atoms with Crippen molar-refractivity contribution in [1.82, 2.24) is 0 Å². The van der Waals surface area contributed by atoms with Crippen molar-refractivity contribution in [2.75, 3.05) is 7.11 Å². The second-order valence-corrected chi connectivity index (χ2v) is 12.6. The molecule has 3 nitrogen and oxygen atoms in total. The number of hydrogen-bond acceptors (Lipinski definition) is 3. The normalized spacial score (nSPS) is 13.3. The summed E-state index contributed by atoms with van der Waals surface area (Å²) in [5, 5.41) is 0. The first kappa shape index (κ1) is 25.6. The first-order valence-corrected chi connectivity index (χ1v) is 14.1. The summed E-state index contributed by atoms with van der Waals surface area (Å²) in [7, 11) is -0.437. The van der Waals surface area contributed by atoms with Gasteiger partial charge in [0, 0.05) is 0 Å². The highest BCUT2D eigenvalue weighted by atomic mass is 28.4. The predicted octanol–water partition coefficient (Wildman–Crippen LogP) is 7.60.